The van der Waals surface area contributed by atoms with Crippen LogP contribution in [0.15, 0.2) is 36.4 Å². The number of aldehydes is 1. The van der Waals surface area contributed by atoms with Crippen molar-refractivity contribution >= 4 is 17.9 Å². The number of halogens is 2. The molecule has 28 heavy (non-hydrogen) atoms. The molecular formula is C22H23F2NO3. The van der Waals surface area contributed by atoms with Gasteiger partial charge in [-0.25, -0.2) is 13.6 Å². The molecule has 1 aliphatic rings. The Bertz CT molecular complexity index is 899. The summed E-state index contributed by atoms with van der Waals surface area (Å²) in [5.74, 6) is -2.14. The molecular weight excluding hydrogens is 364 g/mol. The van der Waals surface area contributed by atoms with Gasteiger partial charge in [0, 0.05) is 30.8 Å². The van der Waals surface area contributed by atoms with Crippen LogP contribution in [0.2, 0.25) is 0 Å². The second-order valence-electron chi connectivity index (χ2n) is 7.40. The number of hydrogen-bond donors (Lipinski definition) is 0. The fourth-order valence-corrected chi connectivity index (χ4v) is 3.74. The molecule has 0 N–H and O–H groups in total. The molecule has 0 heterocycles. The first-order chi connectivity index (χ1) is 13.4. The second kappa shape index (κ2) is 8.09. The Morgan fingerprint density at radius 2 is 1.96 bits per heavy atom. The number of hydrogen-bond acceptors (Lipinski definition) is 4. The van der Waals surface area contributed by atoms with Gasteiger partial charge in [-0.05, 0) is 61.1 Å². The molecule has 1 atom stereocenters. The van der Waals surface area contributed by atoms with E-state index >= 15 is 0 Å². The van der Waals surface area contributed by atoms with E-state index in [0.717, 1.165) is 29.5 Å². The fourth-order valence-electron chi connectivity index (χ4n) is 3.74. The molecule has 2 aromatic carbocycles. The highest BCUT2D eigenvalue weighted by Crippen LogP contribution is 2.37. The predicted octanol–water partition coefficient (Wildman–Crippen LogP) is 3.95. The standard InChI is InChI=1S/C22H23F2NO3/c1-25(18-5-6-19(23)20(24)12-18)10-9-22(14-26)8-7-15-11-16(21(27)28-2)3-4-17(15)13-22/h3-6,11-12,14H,7-10,13H2,1-2H3/t22-/m0/s1. The first kappa shape index (κ1) is 20.0. The quantitative estimate of drug-likeness (QED) is 0.556. The molecule has 6 heteroatoms. The molecule has 4 nitrogen and oxygen atoms in total. The van der Waals surface area contributed by atoms with Gasteiger partial charge in [0.2, 0.25) is 0 Å². The van der Waals surface area contributed by atoms with Crippen molar-refractivity contribution in [3.8, 4) is 0 Å². The number of nitrogens with zero attached hydrogens (tertiary/aromatic N) is 1. The van der Waals surface area contributed by atoms with E-state index in [1.807, 2.05) is 17.0 Å². The molecule has 0 radical (unpaired) electrons. The highest BCUT2D eigenvalue weighted by Gasteiger charge is 2.34. The molecule has 0 bridgehead atoms. The van der Waals surface area contributed by atoms with Gasteiger partial charge in [0.15, 0.2) is 11.6 Å². The van der Waals surface area contributed by atoms with E-state index in [1.165, 1.54) is 13.2 Å². The van der Waals surface area contributed by atoms with E-state index in [4.69, 9.17) is 4.74 Å². The van der Waals surface area contributed by atoms with Gasteiger partial charge in [0.25, 0.3) is 0 Å². The summed E-state index contributed by atoms with van der Waals surface area (Å²) in [4.78, 5) is 25.5. The number of benzene rings is 2. The number of anilines is 1. The zero-order valence-corrected chi connectivity index (χ0v) is 16.0. The second-order valence-corrected chi connectivity index (χ2v) is 7.40. The first-order valence-corrected chi connectivity index (χ1v) is 9.20. The Balaban J connectivity index is 1.71. The number of carbonyl (C=O) groups is 2. The Kier molecular flexibility index (Phi) is 5.77. The third-order valence-corrected chi connectivity index (χ3v) is 5.60. The Labute approximate surface area is 163 Å². The van der Waals surface area contributed by atoms with Crippen molar-refractivity contribution in [1.82, 2.24) is 0 Å². The van der Waals surface area contributed by atoms with Crippen LogP contribution in [0.5, 0.6) is 0 Å². The van der Waals surface area contributed by atoms with Gasteiger partial charge in [-0.2, -0.15) is 0 Å². The monoisotopic (exact) mass is 387 g/mol. The summed E-state index contributed by atoms with van der Waals surface area (Å²) in [5.41, 5.74) is 2.69. The van der Waals surface area contributed by atoms with E-state index in [2.05, 4.69) is 0 Å². The third kappa shape index (κ3) is 4.06. The van der Waals surface area contributed by atoms with E-state index in [1.54, 1.807) is 13.1 Å². The van der Waals surface area contributed by atoms with Gasteiger partial charge >= 0.3 is 5.97 Å². The van der Waals surface area contributed by atoms with Crippen molar-refractivity contribution < 1.29 is 23.1 Å². The van der Waals surface area contributed by atoms with Crippen LogP contribution in [0, 0.1) is 17.0 Å². The smallest absolute Gasteiger partial charge is 0.337 e. The van der Waals surface area contributed by atoms with Crippen LogP contribution >= 0.6 is 0 Å². The summed E-state index contributed by atoms with van der Waals surface area (Å²) in [7, 11) is 3.15. The predicted molar refractivity (Wildman–Crippen MR) is 103 cm³/mol. The molecule has 2 aromatic rings. The fraction of sp³-hybridized carbons (Fsp3) is 0.364. The highest BCUT2D eigenvalue weighted by atomic mass is 19.2. The molecule has 3 rings (SSSR count). The summed E-state index contributed by atoms with van der Waals surface area (Å²) in [6, 6.07) is 9.23. The number of carbonyl (C=O) groups excluding carboxylic acids is 2. The Hall–Kier alpha value is -2.76. The molecule has 1 aliphatic carbocycles. The molecule has 0 aromatic heterocycles. The SMILES string of the molecule is COC(=O)c1ccc2c(c1)CC[C@](C=O)(CCN(C)c1ccc(F)c(F)c1)C2. The van der Waals surface area contributed by atoms with Crippen molar-refractivity contribution in [2.75, 3.05) is 25.6 Å². The van der Waals surface area contributed by atoms with Gasteiger partial charge < -0.3 is 14.4 Å². The zero-order valence-electron chi connectivity index (χ0n) is 16.0. The summed E-state index contributed by atoms with van der Waals surface area (Å²) in [6.07, 6.45) is 3.60. The average molecular weight is 387 g/mol. The summed E-state index contributed by atoms with van der Waals surface area (Å²) in [6.45, 7) is 0.541. The van der Waals surface area contributed by atoms with E-state index < -0.39 is 17.0 Å². The molecule has 0 aliphatic heterocycles. The number of fused-ring (bicyclic) bond motifs is 1. The average Bonchev–Trinajstić information content (AvgIpc) is 2.72. The van der Waals surface area contributed by atoms with Crippen LogP contribution < -0.4 is 4.90 Å². The largest absolute Gasteiger partial charge is 0.465 e. The minimum Gasteiger partial charge on any atom is -0.465 e. The Morgan fingerprint density at radius 1 is 1.18 bits per heavy atom. The van der Waals surface area contributed by atoms with Crippen LogP contribution in [-0.4, -0.2) is 33.0 Å². The van der Waals surface area contributed by atoms with Crippen molar-refractivity contribution in [1.29, 1.82) is 0 Å². The van der Waals surface area contributed by atoms with Crippen LogP contribution in [0.25, 0.3) is 0 Å². The van der Waals surface area contributed by atoms with Gasteiger partial charge in [-0.15, -0.1) is 0 Å². The van der Waals surface area contributed by atoms with Crippen molar-refractivity contribution in [3.05, 3.63) is 64.7 Å². The number of ether oxygens (including phenoxy) is 1. The number of methoxy groups -OCH3 is 1. The molecule has 0 fully saturated rings. The van der Waals surface area contributed by atoms with Crippen molar-refractivity contribution in [2.24, 2.45) is 5.41 Å². The van der Waals surface area contributed by atoms with Crippen molar-refractivity contribution in [3.63, 3.8) is 0 Å². The Morgan fingerprint density at radius 3 is 2.64 bits per heavy atom. The lowest BCUT2D eigenvalue weighted by atomic mass is 9.70. The topological polar surface area (TPSA) is 46.6 Å². The van der Waals surface area contributed by atoms with Gasteiger partial charge in [0.05, 0.1) is 12.7 Å². The zero-order chi connectivity index (χ0) is 20.3. The molecule has 0 unspecified atom stereocenters. The molecule has 0 spiro atoms. The molecule has 0 saturated heterocycles. The van der Waals surface area contributed by atoms with Crippen molar-refractivity contribution in [2.45, 2.75) is 25.7 Å². The van der Waals surface area contributed by atoms with Crippen LogP contribution in [0.4, 0.5) is 14.5 Å². The van der Waals surface area contributed by atoms with Gasteiger partial charge in [0.1, 0.15) is 6.29 Å². The minimum atomic E-state index is -0.887. The van der Waals surface area contributed by atoms with E-state index in [0.29, 0.717) is 43.5 Å². The maximum atomic E-state index is 13.5. The molecule has 0 saturated carbocycles. The normalized spacial score (nSPS) is 18.3. The van der Waals surface area contributed by atoms with Gasteiger partial charge in [-0.3, -0.25) is 0 Å². The lowest BCUT2D eigenvalue weighted by Gasteiger charge is -2.35. The summed E-state index contributed by atoms with van der Waals surface area (Å²) >= 11 is 0. The number of aryl methyl sites for hydroxylation is 1. The highest BCUT2D eigenvalue weighted by molar-refractivity contribution is 5.89. The number of esters is 1. The summed E-state index contributed by atoms with van der Waals surface area (Å²) in [5, 5.41) is 0. The summed E-state index contributed by atoms with van der Waals surface area (Å²) < 4.78 is 31.4. The maximum absolute atomic E-state index is 13.5. The minimum absolute atomic E-state index is 0.372. The molecule has 0 amide bonds. The van der Waals surface area contributed by atoms with E-state index in [9.17, 15) is 18.4 Å². The van der Waals surface area contributed by atoms with Gasteiger partial charge in [-0.1, -0.05) is 6.07 Å². The van der Waals surface area contributed by atoms with Crippen LogP contribution in [0.3, 0.4) is 0 Å². The lowest BCUT2D eigenvalue weighted by Crippen LogP contribution is -2.35. The lowest BCUT2D eigenvalue weighted by molar-refractivity contribution is -0.117. The van der Waals surface area contributed by atoms with Crippen LogP contribution in [-0.2, 0) is 22.4 Å². The maximum Gasteiger partial charge on any atom is 0.337 e. The molecule has 148 valence electrons. The first-order valence-electron chi connectivity index (χ1n) is 9.20. The third-order valence-electron chi connectivity index (χ3n) is 5.60. The number of rotatable bonds is 6. The van der Waals surface area contributed by atoms with Crippen LogP contribution in [0.1, 0.15) is 34.3 Å². The van der Waals surface area contributed by atoms with E-state index in [-0.39, 0.29) is 5.97 Å².